The molecule has 104 valence electrons. The van der Waals surface area contributed by atoms with Gasteiger partial charge in [0.2, 0.25) is 0 Å². The average Bonchev–Trinajstić information content (AvgIpc) is 2.91. The topological polar surface area (TPSA) is 69.4 Å². The fourth-order valence-electron chi connectivity index (χ4n) is 2.19. The molecular formula is C16H11NO4. The van der Waals surface area contributed by atoms with Crippen molar-refractivity contribution in [2.24, 2.45) is 0 Å². The van der Waals surface area contributed by atoms with Crippen LogP contribution in [0.2, 0.25) is 0 Å². The molecular weight excluding hydrogens is 270 g/mol. The number of allylic oxidation sites excluding steroid dienone is 1. The summed E-state index contributed by atoms with van der Waals surface area (Å²) in [5.41, 5.74) is 2.30. The summed E-state index contributed by atoms with van der Waals surface area (Å²) in [5.74, 6) is 0.297. The van der Waals surface area contributed by atoms with E-state index in [1.165, 1.54) is 30.3 Å². The van der Waals surface area contributed by atoms with Crippen LogP contribution in [0.1, 0.15) is 21.5 Å². The van der Waals surface area contributed by atoms with Crippen molar-refractivity contribution in [3.8, 4) is 0 Å². The van der Waals surface area contributed by atoms with Gasteiger partial charge in [0.1, 0.15) is 12.4 Å². The third-order valence-electron chi connectivity index (χ3n) is 3.29. The van der Waals surface area contributed by atoms with E-state index in [-0.39, 0.29) is 11.5 Å². The molecule has 5 nitrogen and oxygen atoms in total. The van der Waals surface area contributed by atoms with E-state index in [0.29, 0.717) is 17.9 Å². The molecule has 0 amide bonds. The molecule has 0 radical (unpaired) electrons. The minimum atomic E-state index is -0.497. The summed E-state index contributed by atoms with van der Waals surface area (Å²) in [7, 11) is 0. The third kappa shape index (κ3) is 2.53. The van der Waals surface area contributed by atoms with E-state index in [9.17, 15) is 14.9 Å². The fraction of sp³-hybridized carbons (Fsp3) is 0.0625. The van der Waals surface area contributed by atoms with Crippen LogP contribution in [0.4, 0.5) is 5.69 Å². The summed E-state index contributed by atoms with van der Waals surface area (Å²) in [6.45, 7) is 0.454. The number of carbonyl (C=O) groups excluding carboxylic acids is 1. The molecule has 0 saturated carbocycles. The van der Waals surface area contributed by atoms with Gasteiger partial charge in [0.25, 0.3) is 5.69 Å². The van der Waals surface area contributed by atoms with Crippen molar-refractivity contribution < 1.29 is 14.5 Å². The normalized spacial score (nSPS) is 14.6. The zero-order valence-electron chi connectivity index (χ0n) is 11.0. The molecule has 0 N–H and O–H groups in total. The quantitative estimate of drug-likeness (QED) is 0.374. The van der Waals surface area contributed by atoms with Crippen LogP contribution >= 0.6 is 0 Å². The molecule has 5 heteroatoms. The number of nitro groups is 1. The lowest BCUT2D eigenvalue weighted by atomic mass is 10.1. The van der Waals surface area contributed by atoms with Gasteiger partial charge in [-0.3, -0.25) is 14.9 Å². The second-order valence-corrected chi connectivity index (χ2v) is 4.62. The lowest BCUT2D eigenvalue weighted by Crippen LogP contribution is -1.97. The number of rotatable bonds is 3. The highest BCUT2D eigenvalue weighted by Crippen LogP contribution is 2.29. The van der Waals surface area contributed by atoms with E-state index in [2.05, 4.69) is 0 Å². The number of non-ortho nitro benzene ring substituents is 1. The van der Waals surface area contributed by atoms with Gasteiger partial charge in [-0.25, -0.2) is 0 Å². The van der Waals surface area contributed by atoms with Gasteiger partial charge < -0.3 is 4.74 Å². The zero-order chi connectivity index (χ0) is 14.8. The minimum absolute atomic E-state index is 0.0401. The number of carbonyl (C=O) groups is 1. The largest absolute Gasteiger partial charge is 0.488 e. The maximum Gasteiger partial charge on any atom is 0.269 e. The monoisotopic (exact) mass is 281 g/mol. The van der Waals surface area contributed by atoms with E-state index in [4.69, 9.17) is 4.74 Å². The highest BCUT2D eigenvalue weighted by molar-refractivity contribution is 6.08. The molecule has 2 aromatic rings. The number of nitro benzene ring substituents is 1. The molecule has 1 aliphatic heterocycles. The Morgan fingerprint density at radius 3 is 2.57 bits per heavy atom. The van der Waals surface area contributed by atoms with E-state index in [1.807, 2.05) is 24.3 Å². The van der Waals surface area contributed by atoms with E-state index in [1.54, 1.807) is 0 Å². The summed E-state index contributed by atoms with van der Waals surface area (Å²) in [4.78, 5) is 22.3. The minimum Gasteiger partial charge on any atom is -0.488 e. The molecule has 1 heterocycles. The maximum absolute atomic E-state index is 12.2. The molecule has 0 aromatic heterocycles. The van der Waals surface area contributed by atoms with E-state index in [0.717, 1.165) is 11.1 Å². The SMILES string of the molecule is O=C(/C=C1\OCc2ccccc21)c1ccc([N+](=O)[O-])cc1. The fourth-order valence-corrected chi connectivity index (χ4v) is 2.19. The first kappa shape index (κ1) is 13.1. The van der Waals surface area contributed by atoms with Crippen LogP contribution in [0.25, 0.3) is 5.76 Å². The molecule has 0 atom stereocenters. The highest BCUT2D eigenvalue weighted by atomic mass is 16.6. The van der Waals surface area contributed by atoms with Crippen molar-refractivity contribution in [3.63, 3.8) is 0 Å². The molecule has 0 fully saturated rings. The summed E-state index contributed by atoms with van der Waals surface area (Å²) >= 11 is 0. The molecule has 3 rings (SSSR count). The van der Waals surface area contributed by atoms with Gasteiger partial charge in [0.05, 0.1) is 4.92 Å². The van der Waals surface area contributed by atoms with Gasteiger partial charge in [0.15, 0.2) is 5.78 Å². The standard InChI is InChI=1S/C16H11NO4/c18-15(11-5-7-13(8-6-11)17(19)20)9-16-14-4-2-1-3-12(14)10-21-16/h1-9H,10H2/b16-9-. The van der Waals surface area contributed by atoms with Crippen molar-refractivity contribution in [2.75, 3.05) is 0 Å². The van der Waals surface area contributed by atoms with Crippen molar-refractivity contribution in [1.82, 2.24) is 0 Å². The molecule has 2 aromatic carbocycles. The lowest BCUT2D eigenvalue weighted by molar-refractivity contribution is -0.384. The average molecular weight is 281 g/mol. The smallest absolute Gasteiger partial charge is 0.269 e. The first-order chi connectivity index (χ1) is 10.1. The first-order valence-electron chi connectivity index (χ1n) is 6.37. The Balaban J connectivity index is 1.87. The number of ether oxygens (including phenoxy) is 1. The van der Waals surface area contributed by atoms with Crippen LogP contribution in [0.15, 0.2) is 54.6 Å². The summed E-state index contributed by atoms with van der Waals surface area (Å²) in [6.07, 6.45) is 1.42. The van der Waals surface area contributed by atoms with Gasteiger partial charge in [-0.05, 0) is 12.1 Å². The summed E-state index contributed by atoms with van der Waals surface area (Å²) in [5, 5.41) is 10.6. The van der Waals surface area contributed by atoms with Crippen LogP contribution in [0.5, 0.6) is 0 Å². The van der Waals surface area contributed by atoms with Crippen LogP contribution in [-0.2, 0) is 11.3 Å². The second-order valence-electron chi connectivity index (χ2n) is 4.62. The number of hydrogen-bond donors (Lipinski definition) is 0. The van der Waals surface area contributed by atoms with E-state index < -0.39 is 4.92 Å². The number of ketones is 1. The molecule has 21 heavy (non-hydrogen) atoms. The molecule has 0 saturated heterocycles. The summed E-state index contributed by atoms with van der Waals surface area (Å²) < 4.78 is 5.51. The van der Waals surface area contributed by atoms with Gasteiger partial charge in [0, 0.05) is 34.9 Å². The van der Waals surface area contributed by atoms with Crippen molar-refractivity contribution >= 4 is 17.2 Å². The second kappa shape index (κ2) is 5.20. The molecule has 0 unspecified atom stereocenters. The summed E-state index contributed by atoms with van der Waals surface area (Å²) in [6, 6.07) is 13.2. The van der Waals surface area contributed by atoms with Crippen LogP contribution in [-0.4, -0.2) is 10.7 Å². The van der Waals surface area contributed by atoms with E-state index >= 15 is 0 Å². The first-order valence-corrected chi connectivity index (χ1v) is 6.37. The lowest BCUT2D eigenvalue weighted by Gasteiger charge is -2.00. The molecule has 0 bridgehead atoms. The third-order valence-corrected chi connectivity index (χ3v) is 3.29. The van der Waals surface area contributed by atoms with Crippen LogP contribution in [0, 0.1) is 10.1 Å². The van der Waals surface area contributed by atoms with Crippen molar-refractivity contribution in [3.05, 3.63) is 81.4 Å². The number of hydrogen-bond acceptors (Lipinski definition) is 4. The Labute approximate surface area is 120 Å². The van der Waals surface area contributed by atoms with Crippen LogP contribution < -0.4 is 0 Å². The van der Waals surface area contributed by atoms with Gasteiger partial charge in [-0.1, -0.05) is 24.3 Å². The Hall–Kier alpha value is -2.95. The predicted octanol–water partition coefficient (Wildman–Crippen LogP) is 3.35. The van der Waals surface area contributed by atoms with Crippen molar-refractivity contribution in [1.29, 1.82) is 0 Å². The Morgan fingerprint density at radius 2 is 1.86 bits per heavy atom. The number of benzene rings is 2. The Bertz CT molecular complexity index is 747. The number of fused-ring (bicyclic) bond motifs is 1. The van der Waals surface area contributed by atoms with Crippen molar-refractivity contribution in [2.45, 2.75) is 6.61 Å². The number of nitrogens with zero attached hydrogens (tertiary/aromatic N) is 1. The highest BCUT2D eigenvalue weighted by Gasteiger charge is 2.18. The Kier molecular flexibility index (Phi) is 3.23. The molecule has 0 spiro atoms. The zero-order valence-corrected chi connectivity index (χ0v) is 11.0. The van der Waals surface area contributed by atoms with Gasteiger partial charge >= 0.3 is 0 Å². The maximum atomic E-state index is 12.2. The van der Waals surface area contributed by atoms with Gasteiger partial charge in [-0.15, -0.1) is 0 Å². The predicted molar refractivity (Wildman–Crippen MR) is 76.6 cm³/mol. The van der Waals surface area contributed by atoms with Gasteiger partial charge in [-0.2, -0.15) is 0 Å². The molecule has 1 aliphatic rings. The van der Waals surface area contributed by atoms with Crippen LogP contribution in [0.3, 0.4) is 0 Å². The Morgan fingerprint density at radius 1 is 1.14 bits per heavy atom. The molecule has 0 aliphatic carbocycles.